The van der Waals surface area contributed by atoms with E-state index in [2.05, 4.69) is 102 Å². The van der Waals surface area contributed by atoms with Crippen LogP contribution in [-0.2, 0) is 0 Å². The number of quaternary nitrogens is 1. The van der Waals surface area contributed by atoms with Crippen molar-refractivity contribution >= 4 is 27.5 Å². The predicted molar refractivity (Wildman–Crippen MR) is 132 cm³/mol. The minimum absolute atomic E-state index is 1.14. The van der Waals surface area contributed by atoms with Gasteiger partial charge in [0.25, 0.3) is 0 Å². The Bertz CT molecular complexity index is 1470. The zero-order valence-corrected chi connectivity index (χ0v) is 18.0. The number of aromatic nitrogens is 1. The molecule has 32 heavy (non-hydrogen) atoms. The van der Waals surface area contributed by atoms with Crippen LogP contribution in [0.5, 0.6) is 0 Å². The number of nitrogens with one attached hydrogen (secondary N) is 1. The molecule has 1 unspecified atom stereocenters. The molecule has 0 bridgehead atoms. The summed E-state index contributed by atoms with van der Waals surface area (Å²) in [6.45, 7) is 0. The molecule has 1 N–H and O–H groups in total. The predicted octanol–water partition coefficient (Wildman–Crippen LogP) is 6.52. The maximum Gasteiger partial charge on any atom is 0.144 e. The Morgan fingerprint density at radius 1 is 0.688 bits per heavy atom. The molecule has 3 aliphatic rings. The third kappa shape index (κ3) is 2.50. The number of benzene rings is 3. The topological polar surface area (TPSA) is 9.37 Å². The maximum absolute atomic E-state index is 2.42. The van der Waals surface area contributed by atoms with E-state index in [0.29, 0.717) is 0 Å². The Morgan fingerprint density at radius 3 is 2.22 bits per heavy atom. The van der Waals surface area contributed by atoms with Gasteiger partial charge in [0.15, 0.2) is 0 Å². The monoisotopic (exact) mass is 413 g/mol. The molecule has 154 valence electrons. The average molecular weight is 414 g/mol. The van der Waals surface area contributed by atoms with Gasteiger partial charge in [-0.15, -0.1) is 0 Å². The second kappa shape index (κ2) is 6.94. The van der Waals surface area contributed by atoms with Gasteiger partial charge in [-0.1, -0.05) is 60.7 Å². The molecular weight excluding hydrogens is 388 g/mol. The Labute approximate surface area is 188 Å². The van der Waals surface area contributed by atoms with Crippen LogP contribution in [0.3, 0.4) is 0 Å². The second-order valence-electron chi connectivity index (χ2n) is 8.96. The van der Waals surface area contributed by atoms with E-state index in [-0.39, 0.29) is 0 Å². The van der Waals surface area contributed by atoms with E-state index in [0.717, 1.165) is 25.7 Å². The van der Waals surface area contributed by atoms with E-state index < -0.39 is 0 Å². The minimum Gasteiger partial charge on any atom is -0.309 e. The molecule has 2 nitrogen and oxygen atoms in total. The van der Waals surface area contributed by atoms with Crippen molar-refractivity contribution in [2.75, 3.05) is 0 Å². The lowest BCUT2D eigenvalue weighted by Crippen LogP contribution is -3.02. The fraction of sp³-hybridized carbons (Fsp3) is 0.133. The number of para-hydroxylation sites is 2. The van der Waals surface area contributed by atoms with Crippen LogP contribution < -0.4 is 4.90 Å². The van der Waals surface area contributed by atoms with Crippen molar-refractivity contribution in [3.63, 3.8) is 0 Å². The molecule has 1 atom stereocenters. The van der Waals surface area contributed by atoms with Gasteiger partial charge in [0, 0.05) is 40.5 Å². The number of allylic oxidation sites excluding steroid dienone is 7. The summed E-state index contributed by atoms with van der Waals surface area (Å²) >= 11 is 0. The molecular formula is C30H25N2+. The van der Waals surface area contributed by atoms with E-state index in [4.69, 9.17) is 0 Å². The first-order valence-corrected chi connectivity index (χ1v) is 11.7. The van der Waals surface area contributed by atoms with Crippen LogP contribution in [0.1, 0.15) is 25.7 Å². The van der Waals surface area contributed by atoms with Gasteiger partial charge in [0.1, 0.15) is 17.1 Å². The minimum atomic E-state index is 1.14. The summed E-state index contributed by atoms with van der Waals surface area (Å²) in [5.41, 5.74) is 11.1. The summed E-state index contributed by atoms with van der Waals surface area (Å²) < 4.78 is 2.42. The molecule has 0 amide bonds. The molecule has 1 aliphatic heterocycles. The van der Waals surface area contributed by atoms with Crippen molar-refractivity contribution in [2.24, 2.45) is 0 Å². The van der Waals surface area contributed by atoms with Gasteiger partial charge in [0.05, 0.1) is 16.7 Å². The quantitative estimate of drug-likeness (QED) is 0.383. The Balaban J connectivity index is 1.45. The van der Waals surface area contributed by atoms with Crippen LogP contribution >= 0.6 is 0 Å². The van der Waals surface area contributed by atoms with Gasteiger partial charge in [0.2, 0.25) is 0 Å². The van der Waals surface area contributed by atoms with Gasteiger partial charge >= 0.3 is 0 Å². The third-order valence-electron chi connectivity index (χ3n) is 7.21. The summed E-state index contributed by atoms with van der Waals surface area (Å²) in [4.78, 5) is 1.46. The molecule has 7 rings (SSSR count). The lowest BCUT2D eigenvalue weighted by Gasteiger charge is -2.21. The van der Waals surface area contributed by atoms with Crippen LogP contribution in [-0.4, -0.2) is 4.57 Å². The van der Waals surface area contributed by atoms with Gasteiger partial charge < -0.3 is 4.57 Å². The van der Waals surface area contributed by atoms with Crippen molar-refractivity contribution < 1.29 is 4.90 Å². The molecule has 3 aromatic carbocycles. The number of hydrogen-bond donors (Lipinski definition) is 1. The Morgan fingerprint density at radius 2 is 1.41 bits per heavy atom. The van der Waals surface area contributed by atoms with Gasteiger partial charge in [-0.05, 0) is 43.5 Å². The molecule has 0 fully saturated rings. The van der Waals surface area contributed by atoms with E-state index in [1.165, 1.54) is 49.4 Å². The number of fused-ring (bicyclic) bond motifs is 4. The van der Waals surface area contributed by atoms with Crippen LogP contribution in [0.25, 0.3) is 27.5 Å². The molecule has 1 aromatic heterocycles. The molecule has 0 radical (unpaired) electrons. The van der Waals surface area contributed by atoms with Crippen LogP contribution in [0.15, 0.2) is 120 Å². The van der Waals surface area contributed by atoms with Crippen molar-refractivity contribution in [1.82, 2.24) is 4.57 Å². The van der Waals surface area contributed by atoms with Gasteiger partial charge in [-0.3, -0.25) is 0 Å². The number of rotatable bonds is 2. The molecule has 4 aromatic rings. The molecule has 2 aliphatic carbocycles. The first-order chi connectivity index (χ1) is 15.9. The highest BCUT2D eigenvalue weighted by molar-refractivity contribution is 6.09. The molecule has 2 heterocycles. The van der Waals surface area contributed by atoms with Gasteiger partial charge in [-0.25, -0.2) is 4.90 Å². The zero-order chi connectivity index (χ0) is 21.1. The maximum atomic E-state index is 2.42. The summed E-state index contributed by atoms with van der Waals surface area (Å²) in [5, 5.41) is 2.62. The van der Waals surface area contributed by atoms with Crippen molar-refractivity contribution in [3.05, 3.63) is 120 Å². The lowest BCUT2D eigenvalue weighted by molar-refractivity contribution is -0.741. The first-order valence-electron chi connectivity index (χ1n) is 11.7. The van der Waals surface area contributed by atoms with Crippen molar-refractivity contribution in [3.8, 4) is 5.69 Å². The Kier molecular flexibility index (Phi) is 3.91. The Hall–Kier alpha value is -3.62. The van der Waals surface area contributed by atoms with Crippen molar-refractivity contribution in [1.29, 1.82) is 0 Å². The smallest absolute Gasteiger partial charge is 0.144 e. The van der Waals surface area contributed by atoms with E-state index in [9.17, 15) is 0 Å². The fourth-order valence-electron chi connectivity index (χ4n) is 5.88. The molecule has 0 saturated heterocycles. The number of hydrogen-bond acceptors (Lipinski definition) is 0. The highest BCUT2D eigenvalue weighted by atomic mass is 15.2. The molecule has 0 spiro atoms. The normalized spacial score (nSPS) is 19.8. The van der Waals surface area contributed by atoms with Crippen LogP contribution in [0.4, 0.5) is 5.69 Å². The van der Waals surface area contributed by atoms with E-state index >= 15 is 0 Å². The standard InChI is InChI=1S/C30H24N2/c1-5-16-27-23(12-1)24-13-2-6-17-28(24)31(27)21-10-9-11-22(20-21)32-29-18-7-3-14-25(29)26-15-4-8-19-30(26)32/h1-3,5-6,8-14,16-17,19-20H,4,7,15,18H2/p+1. The summed E-state index contributed by atoms with van der Waals surface area (Å²) in [5.74, 6) is 0. The SMILES string of the molecule is C1=CC2=C(CC1)C1=C(CCC=C1)[NH+]2c1cccc(-n2c3ccccc3c3ccccc32)c1. The van der Waals surface area contributed by atoms with Gasteiger partial charge in [-0.2, -0.15) is 0 Å². The molecule has 0 saturated carbocycles. The first kappa shape index (κ1) is 18.0. The highest BCUT2D eigenvalue weighted by Gasteiger charge is 2.37. The fourth-order valence-corrected chi connectivity index (χ4v) is 5.88. The van der Waals surface area contributed by atoms with E-state index in [1.54, 1.807) is 11.3 Å². The summed E-state index contributed by atoms with van der Waals surface area (Å²) in [7, 11) is 0. The third-order valence-corrected chi connectivity index (χ3v) is 7.21. The second-order valence-corrected chi connectivity index (χ2v) is 8.96. The van der Waals surface area contributed by atoms with Crippen LogP contribution in [0, 0.1) is 0 Å². The summed E-state index contributed by atoms with van der Waals surface area (Å²) in [6, 6.07) is 26.7. The lowest BCUT2D eigenvalue weighted by atomic mass is 9.93. The number of nitrogens with zero attached hydrogens (tertiary/aromatic N) is 1. The van der Waals surface area contributed by atoms with Crippen molar-refractivity contribution in [2.45, 2.75) is 25.7 Å². The summed E-state index contributed by atoms with van der Waals surface area (Å²) in [6.07, 6.45) is 14.0. The average Bonchev–Trinajstić information content (AvgIpc) is 3.37. The molecule has 2 heteroatoms. The largest absolute Gasteiger partial charge is 0.309 e. The zero-order valence-electron chi connectivity index (χ0n) is 18.0. The highest BCUT2D eigenvalue weighted by Crippen LogP contribution is 2.36. The van der Waals surface area contributed by atoms with E-state index in [1.807, 2.05) is 0 Å². The van der Waals surface area contributed by atoms with Crippen LogP contribution in [0.2, 0.25) is 0 Å².